The van der Waals surface area contributed by atoms with Gasteiger partial charge in [-0.05, 0) is 0 Å². The lowest BCUT2D eigenvalue weighted by Gasteiger charge is -1.59. The fraction of sp³-hybridized carbons (Fsp3) is 0. The van der Waals surface area contributed by atoms with Crippen molar-refractivity contribution in [1.82, 2.24) is 0 Å². The third kappa shape index (κ3) is 781. The molecule has 0 saturated carbocycles. The van der Waals surface area contributed by atoms with Crippen molar-refractivity contribution in [3.63, 3.8) is 0 Å². The van der Waals surface area contributed by atoms with Crippen LogP contribution in [0.4, 0.5) is 9.59 Å². The molecule has 0 aromatic heterocycles. The van der Waals surface area contributed by atoms with Crippen molar-refractivity contribution in [2.75, 3.05) is 0 Å². The first-order valence-corrected chi connectivity index (χ1v) is 2.83. The average molecular weight is 182 g/mol. The van der Waals surface area contributed by atoms with Gasteiger partial charge < -0.3 is 11.5 Å². The van der Waals surface area contributed by atoms with Gasteiger partial charge in [0.15, 0.2) is 0 Å². The lowest BCUT2D eigenvalue weighted by atomic mass is 11.3. The van der Waals surface area contributed by atoms with Gasteiger partial charge in [-0.1, -0.05) is 25.3 Å². The number of carbonyl (C=O) groups is 2. The van der Waals surface area contributed by atoms with Crippen molar-refractivity contribution in [2.45, 2.75) is 0 Å². The number of hydrogen-bond donors (Lipinski definition) is 4. The van der Waals surface area contributed by atoms with Crippen LogP contribution in [0.3, 0.4) is 0 Å². The highest BCUT2D eigenvalue weighted by atomic mass is 32.1. The minimum absolute atomic E-state index is 0.639. The fourth-order valence-corrected chi connectivity index (χ4v) is 0. The molecule has 0 aliphatic heterocycles. The standard InChI is InChI=1S/C2H4.2CH3NOS/c1-2;2*2-1(3)4/h1-2H2;2*(H3,2,3,4). The molecular formula is C4H10N2O2S2. The zero-order valence-electron chi connectivity index (χ0n) is 5.28. The molecule has 60 valence electrons. The molecule has 0 saturated heterocycles. The molecule has 0 spiro atoms. The third-order valence-corrected chi connectivity index (χ3v) is 0. The highest BCUT2D eigenvalue weighted by molar-refractivity contribution is 7.96. The van der Waals surface area contributed by atoms with Gasteiger partial charge in [0.2, 0.25) is 0 Å². The van der Waals surface area contributed by atoms with E-state index in [9.17, 15) is 0 Å². The Hall–Kier alpha value is -0.620. The van der Waals surface area contributed by atoms with Crippen molar-refractivity contribution < 1.29 is 9.59 Å². The van der Waals surface area contributed by atoms with Crippen LogP contribution < -0.4 is 11.5 Å². The second kappa shape index (κ2) is 15.8. The number of hydrogen-bond acceptors (Lipinski definition) is 2. The number of rotatable bonds is 0. The Balaban J connectivity index is -0.0000000787. The molecule has 0 fully saturated rings. The number of primary amides is 2. The Bertz CT molecular complexity index is 87.4. The predicted octanol–water partition coefficient (Wildman–Crippen LogP) is 0.792. The van der Waals surface area contributed by atoms with E-state index >= 15 is 0 Å². The van der Waals surface area contributed by atoms with Crippen LogP contribution in [-0.2, 0) is 0 Å². The molecule has 0 unspecified atom stereocenters. The summed E-state index contributed by atoms with van der Waals surface area (Å²) in [5.74, 6) is 0. The van der Waals surface area contributed by atoms with Crippen molar-refractivity contribution in [1.29, 1.82) is 0 Å². The number of amides is 2. The maximum Gasteiger partial charge on any atom is 0.273 e. The van der Waals surface area contributed by atoms with E-state index in [4.69, 9.17) is 9.59 Å². The average Bonchev–Trinajstić information content (AvgIpc) is 1.66. The topological polar surface area (TPSA) is 86.2 Å². The van der Waals surface area contributed by atoms with Crippen molar-refractivity contribution >= 4 is 35.7 Å². The Labute approximate surface area is 70.5 Å². The molecule has 4 N–H and O–H groups in total. The minimum Gasteiger partial charge on any atom is -0.361 e. The van der Waals surface area contributed by atoms with Gasteiger partial charge in [-0.2, -0.15) is 0 Å². The van der Waals surface area contributed by atoms with Gasteiger partial charge in [-0.25, -0.2) is 0 Å². The summed E-state index contributed by atoms with van der Waals surface area (Å²) < 4.78 is 0. The van der Waals surface area contributed by atoms with Crippen LogP contribution in [0.2, 0.25) is 0 Å². The monoisotopic (exact) mass is 182 g/mol. The van der Waals surface area contributed by atoms with Crippen LogP contribution in [0.25, 0.3) is 0 Å². The zero-order chi connectivity index (χ0) is 9.15. The first-order chi connectivity index (χ1) is 4.46. The normalized spacial score (nSPS) is 5.40. The third-order valence-electron chi connectivity index (χ3n) is 0. The molecule has 0 bridgehead atoms. The Morgan fingerprint density at radius 3 is 1.00 bits per heavy atom. The van der Waals surface area contributed by atoms with Gasteiger partial charge in [0.25, 0.3) is 10.5 Å². The van der Waals surface area contributed by atoms with Crippen LogP contribution in [0.15, 0.2) is 13.2 Å². The molecule has 0 atom stereocenters. The molecule has 0 aromatic carbocycles. The minimum atomic E-state index is -0.639. The summed E-state index contributed by atoms with van der Waals surface area (Å²) in [6.07, 6.45) is 0. The Morgan fingerprint density at radius 1 is 1.00 bits per heavy atom. The van der Waals surface area contributed by atoms with Gasteiger partial charge in [0, 0.05) is 0 Å². The first-order valence-electron chi connectivity index (χ1n) is 1.93. The molecule has 0 radical (unpaired) electrons. The van der Waals surface area contributed by atoms with Crippen molar-refractivity contribution in [2.24, 2.45) is 11.5 Å². The molecule has 0 heterocycles. The molecule has 10 heavy (non-hydrogen) atoms. The highest BCUT2D eigenvalue weighted by Crippen LogP contribution is 1.61. The van der Waals surface area contributed by atoms with E-state index < -0.39 is 10.5 Å². The summed E-state index contributed by atoms with van der Waals surface area (Å²) in [6, 6.07) is 0. The van der Waals surface area contributed by atoms with Crippen LogP contribution in [0, 0.1) is 0 Å². The van der Waals surface area contributed by atoms with E-state index in [0.29, 0.717) is 0 Å². The summed E-state index contributed by atoms with van der Waals surface area (Å²) in [4.78, 5) is 18.2. The molecule has 0 aromatic rings. The summed E-state index contributed by atoms with van der Waals surface area (Å²) in [5, 5.41) is -1.28. The van der Waals surface area contributed by atoms with E-state index in [1.807, 2.05) is 0 Å². The number of thiol groups is 2. The molecule has 0 rings (SSSR count). The number of carbonyl (C=O) groups excluding carboxylic acids is 2. The van der Waals surface area contributed by atoms with Gasteiger partial charge in [0.05, 0.1) is 0 Å². The SMILES string of the molecule is C=C.NC(=O)S.NC(=O)S. The largest absolute Gasteiger partial charge is 0.361 e. The smallest absolute Gasteiger partial charge is 0.273 e. The lowest BCUT2D eigenvalue weighted by molar-refractivity contribution is 0.266. The maximum absolute atomic E-state index is 9.09. The zero-order valence-corrected chi connectivity index (χ0v) is 7.07. The summed E-state index contributed by atoms with van der Waals surface area (Å²) in [6.45, 7) is 6.00. The first kappa shape index (κ1) is 16.2. The summed E-state index contributed by atoms with van der Waals surface area (Å²) >= 11 is 6.21. The van der Waals surface area contributed by atoms with E-state index in [1.165, 1.54) is 0 Å². The highest BCUT2D eigenvalue weighted by Gasteiger charge is 1.63. The maximum atomic E-state index is 9.09. The van der Waals surface area contributed by atoms with E-state index in [-0.39, 0.29) is 0 Å². The summed E-state index contributed by atoms with van der Waals surface area (Å²) in [7, 11) is 0. The Morgan fingerprint density at radius 2 is 1.00 bits per heavy atom. The molecule has 0 aliphatic rings. The van der Waals surface area contributed by atoms with Gasteiger partial charge in [0.1, 0.15) is 0 Å². The van der Waals surface area contributed by atoms with Crippen LogP contribution >= 0.6 is 25.3 Å². The van der Waals surface area contributed by atoms with Gasteiger partial charge >= 0.3 is 0 Å². The van der Waals surface area contributed by atoms with E-state index in [1.54, 1.807) is 0 Å². The molecule has 6 heteroatoms. The second-order valence-corrected chi connectivity index (χ2v) is 1.56. The van der Waals surface area contributed by atoms with E-state index in [0.717, 1.165) is 0 Å². The van der Waals surface area contributed by atoms with E-state index in [2.05, 4.69) is 49.9 Å². The Kier molecular flexibility index (Phi) is 25.5. The van der Waals surface area contributed by atoms with Gasteiger partial charge in [-0.3, -0.25) is 9.59 Å². The van der Waals surface area contributed by atoms with Gasteiger partial charge in [-0.15, -0.1) is 13.2 Å². The quantitative estimate of drug-likeness (QED) is 0.330. The molecule has 4 nitrogen and oxygen atoms in total. The number of nitrogens with two attached hydrogens (primary N) is 2. The van der Waals surface area contributed by atoms with Crippen LogP contribution in [0.1, 0.15) is 0 Å². The fourth-order valence-electron chi connectivity index (χ4n) is 0. The lowest BCUT2D eigenvalue weighted by Crippen LogP contribution is -1.95. The molecule has 2 amide bonds. The van der Waals surface area contributed by atoms with Crippen molar-refractivity contribution in [3.05, 3.63) is 13.2 Å². The molecule has 0 aliphatic carbocycles. The van der Waals surface area contributed by atoms with Crippen molar-refractivity contribution in [3.8, 4) is 0 Å². The van der Waals surface area contributed by atoms with Crippen LogP contribution in [0.5, 0.6) is 0 Å². The second-order valence-electron chi connectivity index (χ2n) is 0.676. The summed E-state index contributed by atoms with van der Waals surface area (Å²) in [5.41, 5.74) is 8.67. The molecular weight excluding hydrogens is 172 g/mol. The predicted molar refractivity (Wildman–Crippen MR) is 48.4 cm³/mol. The van der Waals surface area contributed by atoms with Crippen LogP contribution in [-0.4, -0.2) is 10.5 Å².